The third kappa shape index (κ3) is 4.09. The highest BCUT2D eigenvalue weighted by atomic mass is 19.4. The third-order valence-corrected chi connectivity index (χ3v) is 4.82. The van der Waals surface area contributed by atoms with Crippen LogP contribution in [0.4, 0.5) is 13.2 Å². The molecule has 2 atom stereocenters. The smallest absolute Gasteiger partial charge is 0.416 e. The Morgan fingerprint density at radius 1 is 0.800 bits per heavy atom. The molecular weight excluding hydrogens is 401 g/mol. The molecular formula is C22H19F3O5. The fourth-order valence-corrected chi connectivity index (χ4v) is 3.29. The summed E-state index contributed by atoms with van der Waals surface area (Å²) < 4.78 is 54.4. The molecule has 0 aliphatic carbocycles. The van der Waals surface area contributed by atoms with Gasteiger partial charge >= 0.3 is 18.1 Å². The van der Waals surface area contributed by atoms with Gasteiger partial charge in [0.25, 0.3) is 0 Å². The fourth-order valence-electron chi connectivity index (χ4n) is 3.29. The van der Waals surface area contributed by atoms with Crippen molar-refractivity contribution in [3.05, 3.63) is 81.9 Å². The molecule has 0 fully saturated rings. The van der Waals surface area contributed by atoms with Crippen LogP contribution in [0.3, 0.4) is 0 Å². The minimum Gasteiger partial charge on any atom is -0.466 e. The highest BCUT2D eigenvalue weighted by molar-refractivity contribution is 6.03. The van der Waals surface area contributed by atoms with E-state index in [4.69, 9.17) is 14.2 Å². The SMILES string of the molecule is COC(=O)C1=C(C(=O)OC)[C@@H](c2ccc(C(F)(F)F)cc2)O[C@H]1c1ccc(C)cc1. The molecule has 2 aromatic carbocycles. The number of alkyl halides is 3. The molecule has 0 N–H and O–H groups in total. The first-order chi connectivity index (χ1) is 14.2. The van der Waals surface area contributed by atoms with Crippen molar-refractivity contribution in [2.75, 3.05) is 14.2 Å². The molecule has 0 aromatic heterocycles. The summed E-state index contributed by atoms with van der Waals surface area (Å²) in [6.07, 6.45) is -6.54. The minimum absolute atomic E-state index is 0.0434. The zero-order chi connectivity index (χ0) is 22.1. The third-order valence-electron chi connectivity index (χ3n) is 4.82. The first-order valence-corrected chi connectivity index (χ1v) is 8.97. The summed E-state index contributed by atoms with van der Waals surface area (Å²) in [5, 5.41) is 0. The van der Waals surface area contributed by atoms with Gasteiger partial charge < -0.3 is 14.2 Å². The van der Waals surface area contributed by atoms with Gasteiger partial charge in [-0.1, -0.05) is 42.0 Å². The standard InChI is InChI=1S/C22H19F3O5/c1-12-4-6-13(7-5-12)18-16(20(26)28-2)17(21(27)29-3)19(30-18)14-8-10-15(11-9-14)22(23,24)25/h4-11,18-19H,1-3H3/t18-,19+/m0/s1. The summed E-state index contributed by atoms with van der Waals surface area (Å²) in [4.78, 5) is 25.1. The summed E-state index contributed by atoms with van der Waals surface area (Å²) in [6.45, 7) is 1.89. The second-order valence-electron chi connectivity index (χ2n) is 6.74. The van der Waals surface area contributed by atoms with Crippen molar-refractivity contribution in [1.29, 1.82) is 0 Å². The number of carbonyl (C=O) groups excluding carboxylic acids is 2. The Labute approximate surface area is 171 Å². The van der Waals surface area contributed by atoms with Gasteiger partial charge in [-0.3, -0.25) is 0 Å². The van der Waals surface area contributed by atoms with Gasteiger partial charge in [-0.2, -0.15) is 13.2 Å². The lowest BCUT2D eigenvalue weighted by molar-refractivity contribution is -0.139. The lowest BCUT2D eigenvalue weighted by atomic mass is 9.94. The number of hydrogen-bond donors (Lipinski definition) is 0. The van der Waals surface area contributed by atoms with Crippen molar-refractivity contribution in [3.63, 3.8) is 0 Å². The second kappa shape index (κ2) is 8.31. The van der Waals surface area contributed by atoms with Crippen LogP contribution < -0.4 is 0 Å². The Kier molecular flexibility index (Phi) is 5.98. The molecule has 3 rings (SSSR count). The highest BCUT2D eigenvalue weighted by Crippen LogP contribution is 2.46. The molecule has 0 radical (unpaired) electrons. The molecule has 0 spiro atoms. The van der Waals surface area contributed by atoms with Crippen LogP contribution >= 0.6 is 0 Å². The molecule has 1 aliphatic rings. The summed E-state index contributed by atoms with van der Waals surface area (Å²) in [5.41, 5.74) is 0.868. The molecule has 0 amide bonds. The maximum Gasteiger partial charge on any atom is 0.416 e. The van der Waals surface area contributed by atoms with E-state index in [0.29, 0.717) is 5.56 Å². The predicted octanol–water partition coefficient (Wildman–Crippen LogP) is 4.47. The van der Waals surface area contributed by atoms with E-state index < -0.39 is 35.9 Å². The number of methoxy groups -OCH3 is 2. The van der Waals surface area contributed by atoms with Gasteiger partial charge in [0.05, 0.1) is 30.9 Å². The van der Waals surface area contributed by atoms with Crippen LogP contribution in [0.15, 0.2) is 59.7 Å². The quantitative estimate of drug-likeness (QED) is 0.683. The summed E-state index contributed by atoms with van der Waals surface area (Å²) in [7, 11) is 2.31. The van der Waals surface area contributed by atoms with E-state index in [9.17, 15) is 22.8 Å². The van der Waals surface area contributed by atoms with Crippen molar-refractivity contribution in [2.24, 2.45) is 0 Å². The van der Waals surface area contributed by atoms with E-state index in [1.165, 1.54) is 19.2 Å². The number of hydrogen-bond acceptors (Lipinski definition) is 5. The van der Waals surface area contributed by atoms with Gasteiger partial charge in [0.1, 0.15) is 12.2 Å². The number of esters is 2. The lowest BCUT2D eigenvalue weighted by Gasteiger charge is -2.18. The van der Waals surface area contributed by atoms with Crippen LogP contribution in [0.25, 0.3) is 0 Å². The molecule has 0 unspecified atom stereocenters. The van der Waals surface area contributed by atoms with Gasteiger partial charge in [0.15, 0.2) is 0 Å². The van der Waals surface area contributed by atoms with Gasteiger partial charge in [-0.25, -0.2) is 9.59 Å². The lowest BCUT2D eigenvalue weighted by Crippen LogP contribution is -2.16. The predicted molar refractivity (Wildman–Crippen MR) is 100 cm³/mol. The Bertz CT molecular complexity index is 975. The van der Waals surface area contributed by atoms with E-state index in [0.717, 1.165) is 24.8 Å². The van der Waals surface area contributed by atoms with Crippen molar-refractivity contribution in [1.82, 2.24) is 0 Å². The number of ether oxygens (including phenoxy) is 3. The Morgan fingerprint density at radius 2 is 1.20 bits per heavy atom. The van der Waals surface area contributed by atoms with E-state index in [2.05, 4.69) is 0 Å². The molecule has 0 bridgehead atoms. The molecule has 0 saturated carbocycles. The van der Waals surface area contributed by atoms with Gasteiger partial charge in [-0.15, -0.1) is 0 Å². The normalized spacial score (nSPS) is 19.0. The van der Waals surface area contributed by atoms with E-state index in [1.807, 2.05) is 19.1 Å². The molecule has 5 nitrogen and oxygen atoms in total. The van der Waals surface area contributed by atoms with Crippen LogP contribution in [0.2, 0.25) is 0 Å². The van der Waals surface area contributed by atoms with Gasteiger partial charge in [0.2, 0.25) is 0 Å². The number of rotatable bonds is 4. The first kappa shape index (κ1) is 21.6. The Hall–Kier alpha value is -3.13. The Morgan fingerprint density at radius 3 is 1.57 bits per heavy atom. The topological polar surface area (TPSA) is 61.8 Å². The molecule has 8 heteroatoms. The molecule has 0 saturated heterocycles. The van der Waals surface area contributed by atoms with E-state index in [1.54, 1.807) is 12.1 Å². The minimum atomic E-state index is -4.50. The largest absolute Gasteiger partial charge is 0.466 e. The maximum atomic E-state index is 12.9. The summed E-state index contributed by atoms with van der Waals surface area (Å²) in [6, 6.07) is 11.3. The average molecular weight is 420 g/mol. The monoisotopic (exact) mass is 420 g/mol. The maximum absolute atomic E-state index is 12.9. The van der Waals surface area contributed by atoms with Gasteiger partial charge in [-0.05, 0) is 30.2 Å². The Balaban J connectivity index is 2.13. The average Bonchev–Trinajstić information content (AvgIpc) is 3.13. The van der Waals surface area contributed by atoms with Crippen molar-refractivity contribution in [3.8, 4) is 0 Å². The summed E-state index contributed by atoms with van der Waals surface area (Å²) in [5.74, 6) is -1.61. The van der Waals surface area contributed by atoms with Crippen LogP contribution in [-0.2, 0) is 30.0 Å². The summed E-state index contributed by atoms with van der Waals surface area (Å²) >= 11 is 0. The molecule has 1 heterocycles. The second-order valence-corrected chi connectivity index (χ2v) is 6.74. The van der Waals surface area contributed by atoms with E-state index in [-0.39, 0.29) is 16.7 Å². The van der Waals surface area contributed by atoms with Gasteiger partial charge in [0, 0.05) is 0 Å². The fraction of sp³-hybridized carbons (Fsp3) is 0.273. The van der Waals surface area contributed by atoms with Crippen molar-refractivity contribution < 1.29 is 37.0 Å². The van der Waals surface area contributed by atoms with Crippen LogP contribution in [-0.4, -0.2) is 26.2 Å². The highest BCUT2D eigenvalue weighted by Gasteiger charge is 2.44. The molecule has 158 valence electrons. The number of aryl methyl sites for hydroxylation is 1. The first-order valence-electron chi connectivity index (χ1n) is 8.97. The number of carbonyl (C=O) groups is 2. The van der Waals surface area contributed by atoms with Crippen LogP contribution in [0, 0.1) is 6.92 Å². The van der Waals surface area contributed by atoms with Crippen LogP contribution in [0.1, 0.15) is 34.5 Å². The molecule has 30 heavy (non-hydrogen) atoms. The van der Waals surface area contributed by atoms with E-state index >= 15 is 0 Å². The zero-order valence-electron chi connectivity index (χ0n) is 16.4. The zero-order valence-corrected chi connectivity index (χ0v) is 16.4. The van der Waals surface area contributed by atoms with Crippen molar-refractivity contribution >= 4 is 11.9 Å². The number of halogens is 3. The van der Waals surface area contributed by atoms with Crippen LogP contribution in [0.5, 0.6) is 0 Å². The molecule has 1 aliphatic heterocycles. The number of benzene rings is 2. The molecule has 2 aromatic rings. The van der Waals surface area contributed by atoms with Crippen molar-refractivity contribution in [2.45, 2.75) is 25.3 Å².